The van der Waals surface area contributed by atoms with Crippen LogP contribution in [0.4, 0.5) is 0 Å². The van der Waals surface area contributed by atoms with Crippen LogP contribution in [0.1, 0.15) is 16.7 Å². The summed E-state index contributed by atoms with van der Waals surface area (Å²) in [5.41, 5.74) is 5.10. The van der Waals surface area contributed by atoms with E-state index in [2.05, 4.69) is 79.1 Å². The summed E-state index contributed by atoms with van der Waals surface area (Å²) in [6.07, 6.45) is 2.31. The van der Waals surface area contributed by atoms with Gasteiger partial charge in [0.1, 0.15) is 5.84 Å². The van der Waals surface area contributed by atoms with Gasteiger partial charge in [0.25, 0.3) is 0 Å². The SMILES string of the molecule is C[Si](C)(C)c1ccc(C2=Cc3ccccc3C3=NCCN23)cc1. The zero-order chi connectivity index (χ0) is 16.0. The summed E-state index contributed by atoms with van der Waals surface area (Å²) >= 11 is 0. The lowest BCUT2D eigenvalue weighted by Gasteiger charge is -2.29. The minimum absolute atomic E-state index is 0.883. The van der Waals surface area contributed by atoms with E-state index in [1.54, 1.807) is 0 Å². The second-order valence-corrected chi connectivity index (χ2v) is 12.4. The summed E-state index contributed by atoms with van der Waals surface area (Å²) in [6, 6.07) is 17.8. The van der Waals surface area contributed by atoms with E-state index in [-0.39, 0.29) is 0 Å². The van der Waals surface area contributed by atoms with Crippen LogP contribution in [0.3, 0.4) is 0 Å². The Labute approximate surface area is 139 Å². The van der Waals surface area contributed by atoms with Crippen molar-refractivity contribution in [2.24, 2.45) is 4.99 Å². The molecule has 0 saturated carbocycles. The Bertz CT molecular complexity index is 810. The van der Waals surface area contributed by atoms with Crippen molar-refractivity contribution in [3.05, 3.63) is 65.2 Å². The first-order valence-electron chi connectivity index (χ1n) is 8.28. The summed E-state index contributed by atoms with van der Waals surface area (Å²) in [4.78, 5) is 7.11. The summed E-state index contributed by atoms with van der Waals surface area (Å²) in [5.74, 6) is 1.13. The molecule has 2 aliphatic heterocycles. The van der Waals surface area contributed by atoms with Crippen LogP contribution in [-0.2, 0) is 0 Å². The third-order valence-electron chi connectivity index (χ3n) is 4.67. The molecule has 0 N–H and O–H groups in total. The van der Waals surface area contributed by atoms with Gasteiger partial charge in [0.05, 0.1) is 20.3 Å². The maximum Gasteiger partial charge on any atom is 0.136 e. The molecule has 0 radical (unpaired) electrons. The molecular weight excluding hydrogens is 296 g/mol. The Kier molecular flexibility index (Phi) is 3.27. The lowest BCUT2D eigenvalue weighted by atomic mass is 9.97. The Morgan fingerprint density at radius 3 is 2.43 bits per heavy atom. The molecule has 3 heteroatoms. The zero-order valence-corrected chi connectivity index (χ0v) is 15.0. The highest BCUT2D eigenvalue weighted by atomic mass is 28.3. The molecule has 0 spiro atoms. The van der Waals surface area contributed by atoms with Gasteiger partial charge in [-0.25, -0.2) is 0 Å². The van der Waals surface area contributed by atoms with E-state index in [9.17, 15) is 0 Å². The first-order chi connectivity index (χ1) is 11.0. The minimum Gasteiger partial charge on any atom is -0.324 e. The topological polar surface area (TPSA) is 15.6 Å². The van der Waals surface area contributed by atoms with Crippen LogP contribution in [-0.4, -0.2) is 31.9 Å². The van der Waals surface area contributed by atoms with Crippen molar-refractivity contribution >= 4 is 30.9 Å². The summed E-state index contributed by atoms with van der Waals surface area (Å²) in [6.45, 7) is 9.04. The second kappa shape index (κ2) is 5.20. The number of aliphatic imine (C=N–C) groups is 1. The molecule has 0 fully saturated rings. The van der Waals surface area contributed by atoms with Crippen molar-refractivity contribution in [1.82, 2.24) is 4.90 Å². The predicted octanol–water partition coefficient (Wildman–Crippen LogP) is 3.81. The Balaban J connectivity index is 1.80. The molecule has 2 aliphatic rings. The standard InChI is InChI=1S/C20H22N2Si/c1-23(2,3)17-10-8-15(9-11-17)19-14-16-6-4-5-7-18(16)20-21-12-13-22(19)20/h4-11,14H,12-13H2,1-3H3. The highest BCUT2D eigenvalue weighted by molar-refractivity contribution is 6.88. The van der Waals surface area contributed by atoms with Gasteiger partial charge >= 0.3 is 0 Å². The van der Waals surface area contributed by atoms with Gasteiger partial charge in [0.15, 0.2) is 0 Å². The third-order valence-corrected chi connectivity index (χ3v) is 6.74. The van der Waals surface area contributed by atoms with Crippen LogP contribution in [0, 0.1) is 0 Å². The molecule has 0 atom stereocenters. The Morgan fingerprint density at radius 1 is 0.957 bits per heavy atom. The van der Waals surface area contributed by atoms with Crippen LogP contribution in [0.15, 0.2) is 53.5 Å². The molecule has 2 aromatic carbocycles. The summed E-state index contributed by atoms with van der Waals surface area (Å²) < 4.78 is 0. The quantitative estimate of drug-likeness (QED) is 0.769. The maximum atomic E-state index is 4.74. The average molecular weight is 318 g/mol. The molecule has 2 nitrogen and oxygen atoms in total. The van der Waals surface area contributed by atoms with E-state index >= 15 is 0 Å². The lowest BCUT2D eigenvalue weighted by molar-refractivity contribution is 0.638. The van der Waals surface area contributed by atoms with E-state index in [1.807, 2.05) is 0 Å². The van der Waals surface area contributed by atoms with E-state index in [0.717, 1.165) is 18.9 Å². The number of hydrogen-bond donors (Lipinski definition) is 0. The van der Waals surface area contributed by atoms with Crippen molar-refractivity contribution in [2.75, 3.05) is 13.1 Å². The molecular formula is C20H22N2Si. The smallest absolute Gasteiger partial charge is 0.136 e. The molecule has 4 rings (SSSR count). The summed E-state index contributed by atoms with van der Waals surface area (Å²) in [7, 11) is -1.25. The Hall–Kier alpha value is -2.13. The molecule has 0 unspecified atom stereocenters. The normalized spacial score (nSPS) is 16.6. The van der Waals surface area contributed by atoms with E-state index in [4.69, 9.17) is 4.99 Å². The average Bonchev–Trinajstić information content (AvgIpc) is 3.03. The molecule has 0 aromatic heterocycles. The van der Waals surface area contributed by atoms with E-state index < -0.39 is 8.07 Å². The van der Waals surface area contributed by atoms with Crippen LogP contribution < -0.4 is 5.19 Å². The van der Waals surface area contributed by atoms with Crippen molar-refractivity contribution in [2.45, 2.75) is 19.6 Å². The first kappa shape index (κ1) is 14.5. The zero-order valence-electron chi connectivity index (χ0n) is 14.0. The number of rotatable bonds is 2. The molecule has 0 amide bonds. The fourth-order valence-corrected chi connectivity index (χ4v) is 4.51. The maximum absolute atomic E-state index is 4.74. The van der Waals surface area contributed by atoms with Gasteiger partial charge in [-0.1, -0.05) is 73.4 Å². The largest absolute Gasteiger partial charge is 0.324 e. The van der Waals surface area contributed by atoms with Crippen molar-refractivity contribution in [3.63, 3.8) is 0 Å². The van der Waals surface area contributed by atoms with Crippen LogP contribution in [0.5, 0.6) is 0 Å². The molecule has 2 aromatic rings. The molecule has 2 heterocycles. The van der Waals surface area contributed by atoms with E-state index in [1.165, 1.54) is 27.6 Å². The van der Waals surface area contributed by atoms with Crippen molar-refractivity contribution < 1.29 is 0 Å². The molecule has 116 valence electrons. The van der Waals surface area contributed by atoms with E-state index in [0.29, 0.717) is 0 Å². The highest BCUT2D eigenvalue weighted by Crippen LogP contribution is 2.32. The molecule has 0 bridgehead atoms. The van der Waals surface area contributed by atoms with Crippen molar-refractivity contribution in [1.29, 1.82) is 0 Å². The monoisotopic (exact) mass is 318 g/mol. The molecule has 0 aliphatic carbocycles. The Morgan fingerprint density at radius 2 is 1.70 bits per heavy atom. The summed E-state index contributed by atoms with van der Waals surface area (Å²) in [5, 5.41) is 1.51. The number of nitrogens with zero attached hydrogens (tertiary/aromatic N) is 2. The fourth-order valence-electron chi connectivity index (χ4n) is 3.34. The predicted molar refractivity (Wildman–Crippen MR) is 102 cm³/mol. The van der Waals surface area contributed by atoms with Gasteiger partial charge in [-0.3, -0.25) is 4.99 Å². The number of hydrogen-bond acceptors (Lipinski definition) is 2. The number of fused-ring (bicyclic) bond motifs is 3. The highest BCUT2D eigenvalue weighted by Gasteiger charge is 2.28. The van der Waals surface area contributed by atoms with Crippen molar-refractivity contribution in [3.8, 4) is 0 Å². The van der Waals surface area contributed by atoms with Crippen LogP contribution in [0.25, 0.3) is 11.8 Å². The van der Waals surface area contributed by atoms with Gasteiger partial charge in [-0.2, -0.15) is 0 Å². The van der Waals surface area contributed by atoms with Gasteiger partial charge in [0, 0.05) is 12.1 Å². The van der Waals surface area contributed by atoms with Gasteiger partial charge in [-0.15, -0.1) is 0 Å². The first-order valence-corrected chi connectivity index (χ1v) is 11.8. The third kappa shape index (κ3) is 2.45. The molecule has 0 saturated heterocycles. The van der Waals surface area contributed by atoms with Crippen LogP contribution in [0.2, 0.25) is 19.6 Å². The van der Waals surface area contributed by atoms with Crippen LogP contribution >= 0.6 is 0 Å². The second-order valence-electron chi connectivity index (χ2n) is 7.30. The fraction of sp³-hybridized carbons (Fsp3) is 0.250. The number of amidine groups is 1. The minimum atomic E-state index is -1.25. The lowest BCUT2D eigenvalue weighted by Crippen LogP contribution is -2.37. The van der Waals surface area contributed by atoms with Gasteiger partial charge < -0.3 is 4.90 Å². The molecule has 23 heavy (non-hydrogen) atoms. The van der Waals surface area contributed by atoms with Gasteiger partial charge in [-0.05, 0) is 17.2 Å². The van der Waals surface area contributed by atoms with Gasteiger partial charge in [0.2, 0.25) is 0 Å². The number of benzene rings is 2.